The van der Waals surface area contributed by atoms with Crippen molar-refractivity contribution in [1.29, 1.82) is 0 Å². The molecule has 0 unspecified atom stereocenters. The fourth-order valence-corrected chi connectivity index (χ4v) is 3.84. The molecular formula is C23H26N4O3S. The van der Waals surface area contributed by atoms with Gasteiger partial charge in [-0.05, 0) is 54.8 Å². The lowest BCUT2D eigenvalue weighted by molar-refractivity contribution is -0.120. The zero-order chi connectivity index (χ0) is 22.2. The average Bonchev–Trinajstić information content (AvgIpc) is 3.22. The molecule has 0 atom stereocenters. The largest absolute Gasteiger partial charge is 0.497 e. The lowest BCUT2D eigenvalue weighted by Crippen LogP contribution is -2.21. The minimum Gasteiger partial charge on any atom is -0.497 e. The number of nitrogens with one attached hydrogen (secondary N) is 2. The normalized spacial score (nSPS) is 10.7. The molecule has 3 rings (SSSR count). The van der Waals surface area contributed by atoms with Gasteiger partial charge in [0, 0.05) is 23.6 Å². The topological polar surface area (TPSA) is 93.2 Å². The molecule has 162 valence electrons. The van der Waals surface area contributed by atoms with Gasteiger partial charge in [-0.2, -0.15) is 0 Å². The second-order valence-electron chi connectivity index (χ2n) is 7.06. The first kappa shape index (κ1) is 22.4. The molecule has 0 radical (unpaired) electrons. The van der Waals surface area contributed by atoms with Gasteiger partial charge >= 0.3 is 0 Å². The Kier molecular flexibility index (Phi) is 7.72. The Hall–Kier alpha value is -3.26. The van der Waals surface area contributed by atoms with E-state index in [2.05, 4.69) is 20.8 Å². The number of rotatable bonds is 9. The van der Waals surface area contributed by atoms with Crippen molar-refractivity contribution in [2.45, 2.75) is 33.1 Å². The minimum absolute atomic E-state index is 0.000417. The summed E-state index contributed by atoms with van der Waals surface area (Å²) < 4.78 is 5.16. The van der Waals surface area contributed by atoms with E-state index in [0.717, 1.165) is 29.2 Å². The number of carbonyl (C=O) groups is 2. The smallest absolute Gasteiger partial charge is 0.257 e. The minimum atomic E-state index is -0.273. The Bertz CT molecular complexity index is 1010. The fraction of sp³-hybridized carbons (Fsp3) is 0.304. The van der Waals surface area contributed by atoms with E-state index in [1.54, 1.807) is 31.4 Å². The SMILES string of the molecule is CCC(CC)C(=O)Nc1ccc(C(=O)Nc2nnc(Cc3ccc(OC)cc3)s2)cc1. The van der Waals surface area contributed by atoms with Crippen LogP contribution in [0.25, 0.3) is 0 Å². The number of hydrogen-bond donors (Lipinski definition) is 2. The second-order valence-corrected chi connectivity index (χ2v) is 8.12. The molecule has 0 saturated heterocycles. The Labute approximate surface area is 185 Å². The lowest BCUT2D eigenvalue weighted by atomic mass is 10.0. The van der Waals surface area contributed by atoms with E-state index in [-0.39, 0.29) is 17.7 Å². The van der Waals surface area contributed by atoms with E-state index in [1.807, 2.05) is 38.1 Å². The Balaban J connectivity index is 1.57. The molecule has 0 aliphatic rings. The molecule has 0 spiro atoms. The number of hydrogen-bond acceptors (Lipinski definition) is 6. The van der Waals surface area contributed by atoms with Crippen LogP contribution in [0, 0.1) is 5.92 Å². The van der Waals surface area contributed by atoms with Crippen LogP contribution < -0.4 is 15.4 Å². The summed E-state index contributed by atoms with van der Waals surface area (Å²) in [5.41, 5.74) is 2.24. The second kappa shape index (κ2) is 10.7. The van der Waals surface area contributed by atoms with Gasteiger partial charge in [-0.3, -0.25) is 14.9 Å². The summed E-state index contributed by atoms with van der Waals surface area (Å²) in [7, 11) is 1.63. The van der Waals surface area contributed by atoms with Gasteiger partial charge in [0.05, 0.1) is 7.11 Å². The summed E-state index contributed by atoms with van der Waals surface area (Å²) >= 11 is 1.34. The molecule has 8 heteroatoms. The van der Waals surface area contributed by atoms with Crippen LogP contribution in [0.3, 0.4) is 0 Å². The van der Waals surface area contributed by atoms with Gasteiger partial charge < -0.3 is 10.1 Å². The van der Waals surface area contributed by atoms with Crippen LogP contribution in [-0.4, -0.2) is 29.1 Å². The zero-order valence-corrected chi connectivity index (χ0v) is 18.7. The van der Waals surface area contributed by atoms with Gasteiger partial charge in [0.15, 0.2) is 0 Å². The summed E-state index contributed by atoms with van der Waals surface area (Å²) in [5, 5.41) is 15.1. The lowest BCUT2D eigenvalue weighted by Gasteiger charge is -2.12. The molecule has 0 bridgehead atoms. The highest BCUT2D eigenvalue weighted by atomic mass is 32.1. The van der Waals surface area contributed by atoms with Gasteiger partial charge in [-0.1, -0.05) is 37.3 Å². The van der Waals surface area contributed by atoms with Crippen molar-refractivity contribution in [3.8, 4) is 5.75 Å². The molecule has 1 aromatic heterocycles. The van der Waals surface area contributed by atoms with Crippen LogP contribution in [-0.2, 0) is 11.2 Å². The van der Waals surface area contributed by atoms with Gasteiger partial charge in [0.25, 0.3) is 5.91 Å². The van der Waals surface area contributed by atoms with Crippen LogP contribution in [0.5, 0.6) is 5.75 Å². The highest BCUT2D eigenvalue weighted by Gasteiger charge is 2.15. The third-order valence-electron chi connectivity index (χ3n) is 4.97. The molecule has 3 aromatic rings. The number of amides is 2. The average molecular weight is 439 g/mol. The van der Waals surface area contributed by atoms with Crippen molar-refractivity contribution in [3.05, 3.63) is 64.7 Å². The van der Waals surface area contributed by atoms with Crippen LogP contribution in [0.15, 0.2) is 48.5 Å². The predicted octanol–water partition coefficient (Wildman–Crippen LogP) is 4.76. The molecule has 0 fully saturated rings. The molecular weight excluding hydrogens is 412 g/mol. The highest BCUT2D eigenvalue weighted by Crippen LogP contribution is 2.21. The maximum atomic E-state index is 12.5. The number of ether oxygens (including phenoxy) is 1. The number of benzene rings is 2. The first-order valence-electron chi connectivity index (χ1n) is 10.2. The van der Waals surface area contributed by atoms with E-state index in [0.29, 0.717) is 22.8 Å². The Morgan fingerprint density at radius 3 is 2.26 bits per heavy atom. The Morgan fingerprint density at radius 1 is 0.968 bits per heavy atom. The van der Waals surface area contributed by atoms with Gasteiger partial charge in [0.1, 0.15) is 10.8 Å². The van der Waals surface area contributed by atoms with Crippen molar-refractivity contribution < 1.29 is 14.3 Å². The summed E-state index contributed by atoms with van der Waals surface area (Å²) in [5.74, 6) is 0.521. The molecule has 0 aliphatic carbocycles. The third kappa shape index (κ3) is 6.11. The van der Waals surface area contributed by atoms with E-state index >= 15 is 0 Å². The predicted molar refractivity (Wildman–Crippen MR) is 123 cm³/mol. The van der Waals surface area contributed by atoms with Crippen molar-refractivity contribution in [2.24, 2.45) is 5.92 Å². The van der Waals surface area contributed by atoms with Gasteiger partial charge in [-0.25, -0.2) is 0 Å². The zero-order valence-electron chi connectivity index (χ0n) is 17.8. The first-order chi connectivity index (χ1) is 15.0. The van der Waals surface area contributed by atoms with Gasteiger partial charge in [0.2, 0.25) is 11.0 Å². The molecule has 0 saturated carbocycles. The summed E-state index contributed by atoms with van der Waals surface area (Å²) in [6, 6.07) is 14.6. The third-order valence-corrected chi connectivity index (χ3v) is 5.81. The molecule has 2 aromatic carbocycles. The molecule has 7 nitrogen and oxygen atoms in total. The van der Waals surface area contributed by atoms with Crippen LogP contribution in [0.1, 0.15) is 47.6 Å². The summed E-state index contributed by atoms with van der Waals surface area (Å²) in [6.45, 7) is 3.99. The van der Waals surface area contributed by atoms with Crippen molar-refractivity contribution in [1.82, 2.24) is 10.2 Å². The highest BCUT2D eigenvalue weighted by molar-refractivity contribution is 7.15. The number of carbonyl (C=O) groups excluding carboxylic acids is 2. The van der Waals surface area contributed by atoms with Gasteiger partial charge in [-0.15, -0.1) is 10.2 Å². The number of methoxy groups -OCH3 is 1. The van der Waals surface area contributed by atoms with Crippen molar-refractivity contribution >= 4 is 34.0 Å². The van der Waals surface area contributed by atoms with Crippen LogP contribution in [0.4, 0.5) is 10.8 Å². The number of anilines is 2. The van der Waals surface area contributed by atoms with E-state index in [1.165, 1.54) is 11.3 Å². The molecule has 0 aliphatic heterocycles. The summed E-state index contributed by atoms with van der Waals surface area (Å²) in [4.78, 5) is 24.7. The molecule has 1 heterocycles. The molecule has 2 amide bonds. The number of nitrogens with zero attached hydrogens (tertiary/aromatic N) is 2. The first-order valence-corrected chi connectivity index (χ1v) is 11.0. The maximum Gasteiger partial charge on any atom is 0.257 e. The maximum absolute atomic E-state index is 12.5. The van der Waals surface area contributed by atoms with E-state index < -0.39 is 0 Å². The fourth-order valence-electron chi connectivity index (χ4n) is 3.07. The van der Waals surface area contributed by atoms with Crippen molar-refractivity contribution in [2.75, 3.05) is 17.7 Å². The van der Waals surface area contributed by atoms with Crippen molar-refractivity contribution in [3.63, 3.8) is 0 Å². The van der Waals surface area contributed by atoms with Crippen LogP contribution >= 0.6 is 11.3 Å². The summed E-state index contributed by atoms with van der Waals surface area (Å²) in [6.07, 6.45) is 2.22. The number of aromatic nitrogens is 2. The van der Waals surface area contributed by atoms with Crippen LogP contribution in [0.2, 0.25) is 0 Å². The van der Waals surface area contributed by atoms with E-state index in [4.69, 9.17) is 4.74 Å². The quantitative estimate of drug-likeness (QED) is 0.502. The monoisotopic (exact) mass is 438 g/mol. The molecule has 31 heavy (non-hydrogen) atoms. The molecule has 2 N–H and O–H groups in total. The Morgan fingerprint density at radius 2 is 1.65 bits per heavy atom. The van der Waals surface area contributed by atoms with E-state index in [9.17, 15) is 9.59 Å². The standard InChI is InChI=1S/C23H26N4O3S/c1-4-16(5-2)21(28)24-18-10-8-17(9-11-18)22(29)25-23-27-26-20(31-23)14-15-6-12-19(30-3)13-7-15/h6-13,16H,4-5,14H2,1-3H3,(H,24,28)(H,25,27,29).